The zero-order valence-corrected chi connectivity index (χ0v) is 10.6. The van der Waals surface area contributed by atoms with Gasteiger partial charge in [0.15, 0.2) is 5.78 Å². The molecule has 0 heterocycles. The summed E-state index contributed by atoms with van der Waals surface area (Å²) in [6.07, 6.45) is 6.14. The lowest BCUT2D eigenvalue weighted by Gasteiger charge is -2.39. The van der Waals surface area contributed by atoms with Crippen LogP contribution in [-0.4, -0.2) is 5.78 Å². The van der Waals surface area contributed by atoms with Crippen molar-refractivity contribution >= 4 is 5.78 Å². The van der Waals surface area contributed by atoms with Crippen LogP contribution in [0.1, 0.15) is 47.5 Å². The van der Waals surface area contributed by atoms with Gasteiger partial charge in [-0.15, -0.1) is 0 Å². The van der Waals surface area contributed by atoms with Crippen molar-refractivity contribution in [3.05, 3.63) is 23.3 Å². The summed E-state index contributed by atoms with van der Waals surface area (Å²) in [6.45, 7) is 10.6. The highest BCUT2D eigenvalue weighted by Crippen LogP contribution is 2.44. The Labute approximate surface area is 93.3 Å². The Balaban J connectivity index is 3.05. The molecule has 0 amide bonds. The normalized spacial score (nSPS) is 26.1. The van der Waals surface area contributed by atoms with Gasteiger partial charge in [0.2, 0.25) is 0 Å². The smallest absolute Gasteiger partial charge is 0.152 e. The maximum absolute atomic E-state index is 11.0. The topological polar surface area (TPSA) is 17.1 Å². The third-order valence-electron chi connectivity index (χ3n) is 3.82. The second-order valence-corrected chi connectivity index (χ2v) is 5.30. The molecule has 0 saturated carbocycles. The van der Waals surface area contributed by atoms with Gasteiger partial charge in [-0.25, -0.2) is 0 Å². The van der Waals surface area contributed by atoms with E-state index in [0.717, 1.165) is 0 Å². The van der Waals surface area contributed by atoms with E-state index in [2.05, 4.69) is 27.7 Å². The fourth-order valence-corrected chi connectivity index (χ4v) is 2.30. The summed E-state index contributed by atoms with van der Waals surface area (Å²) in [5, 5.41) is 0. The van der Waals surface area contributed by atoms with Crippen molar-refractivity contribution in [3.8, 4) is 0 Å². The minimum Gasteiger partial charge on any atom is -0.295 e. The van der Waals surface area contributed by atoms with Crippen LogP contribution in [-0.2, 0) is 4.79 Å². The lowest BCUT2D eigenvalue weighted by molar-refractivity contribution is -0.112. The minimum atomic E-state index is 0.129. The van der Waals surface area contributed by atoms with Gasteiger partial charge in [0.1, 0.15) is 0 Å². The summed E-state index contributed by atoms with van der Waals surface area (Å²) in [5.41, 5.74) is 3.00. The highest BCUT2D eigenvalue weighted by molar-refractivity contribution is 5.87. The van der Waals surface area contributed by atoms with Gasteiger partial charge in [-0.05, 0) is 49.7 Å². The molecule has 0 N–H and O–H groups in total. The first kappa shape index (κ1) is 12.2. The zero-order valence-electron chi connectivity index (χ0n) is 10.6. The predicted octanol–water partition coefficient (Wildman–Crippen LogP) is 3.90. The molecule has 1 nitrogen and oxygen atoms in total. The van der Waals surface area contributed by atoms with Crippen LogP contribution < -0.4 is 0 Å². The Kier molecular flexibility index (Phi) is 3.54. The Bertz CT molecular complexity index is 318. The van der Waals surface area contributed by atoms with Gasteiger partial charge >= 0.3 is 0 Å². The van der Waals surface area contributed by atoms with Crippen LogP contribution in [0.3, 0.4) is 0 Å². The first-order valence-electron chi connectivity index (χ1n) is 5.74. The summed E-state index contributed by atoms with van der Waals surface area (Å²) in [5.74, 6) is 0.817. The summed E-state index contributed by atoms with van der Waals surface area (Å²) >= 11 is 0. The second kappa shape index (κ2) is 4.34. The van der Waals surface area contributed by atoms with Crippen molar-refractivity contribution in [1.29, 1.82) is 0 Å². The molecule has 0 aromatic rings. The predicted molar refractivity (Wildman–Crippen MR) is 64.7 cm³/mol. The highest BCUT2D eigenvalue weighted by atomic mass is 16.1. The van der Waals surface area contributed by atoms with Crippen LogP contribution in [0.15, 0.2) is 23.3 Å². The van der Waals surface area contributed by atoms with E-state index in [-0.39, 0.29) is 11.2 Å². The molecule has 0 aromatic carbocycles. The van der Waals surface area contributed by atoms with Crippen molar-refractivity contribution in [2.45, 2.75) is 47.5 Å². The molecule has 0 aromatic heterocycles. The number of rotatable bonds is 2. The molecule has 1 heteroatoms. The van der Waals surface area contributed by atoms with E-state index in [9.17, 15) is 4.79 Å². The van der Waals surface area contributed by atoms with Crippen molar-refractivity contribution in [1.82, 2.24) is 0 Å². The quantitative estimate of drug-likeness (QED) is 0.626. The Morgan fingerprint density at radius 2 is 2.07 bits per heavy atom. The van der Waals surface area contributed by atoms with Crippen molar-refractivity contribution in [3.63, 3.8) is 0 Å². The Hall–Kier alpha value is -0.850. The van der Waals surface area contributed by atoms with Crippen molar-refractivity contribution in [2.75, 3.05) is 0 Å². The fraction of sp³-hybridized carbons (Fsp3) is 0.643. The number of hydrogen-bond donors (Lipinski definition) is 0. The number of hydrogen-bond acceptors (Lipinski definition) is 1. The molecule has 0 aliphatic heterocycles. The van der Waals surface area contributed by atoms with Crippen LogP contribution in [0.4, 0.5) is 0 Å². The molecule has 0 saturated heterocycles. The molecule has 1 aliphatic rings. The molecule has 1 unspecified atom stereocenters. The lowest BCUT2D eigenvalue weighted by Crippen LogP contribution is -2.28. The second-order valence-electron chi connectivity index (χ2n) is 5.30. The largest absolute Gasteiger partial charge is 0.295 e. The summed E-state index contributed by atoms with van der Waals surface area (Å²) in [7, 11) is 0. The third-order valence-corrected chi connectivity index (χ3v) is 3.82. The maximum Gasteiger partial charge on any atom is 0.152 e. The number of allylic oxidation sites excluding steroid dienone is 4. The molecule has 0 bridgehead atoms. The highest BCUT2D eigenvalue weighted by Gasteiger charge is 2.33. The first-order chi connectivity index (χ1) is 6.85. The third kappa shape index (κ3) is 2.58. The van der Waals surface area contributed by atoms with Crippen molar-refractivity contribution < 1.29 is 4.79 Å². The maximum atomic E-state index is 11.0. The lowest BCUT2D eigenvalue weighted by atomic mass is 9.66. The van der Waals surface area contributed by atoms with Crippen LogP contribution in [0.5, 0.6) is 0 Å². The average Bonchev–Trinajstić information content (AvgIpc) is 2.11. The number of carbonyl (C=O) groups excluding carboxylic acids is 1. The average molecular weight is 206 g/mol. The van der Waals surface area contributed by atoms with Crippen LogP contribution >= 0.6 is 0 Å². The Morgan fingerprint density at radius 1 is 1.47 bits per heavy atom. The van der Waals surface area contributed by atoms with Crippen LogP contribution in [0, 0.1) is 11.3 Å². The van der Waals surface area contributed by atoms with Gasteiger partial charge in [0, 0.05) is 0 Å². The molecule has 0 fully saturated rings. The van der Waals surface area contributed by atoms with E-state index >= 15 is 0 Å². The molecule has 1 aliphatic carbocycles. The molecule has 0 spiro atoms. The van der Waals surface area contributed by atoms with Crippen molar-refractivity contribution in [2.24, 2.45) is 11.3 Å². The summed E-state index contributed by atoms with van der Waals surface area (Å²) < 4.78 is 0. The van der Waals surface area contributed by atoms with Crippen LogP contribution in [0.2, 0.25) is 0 Å². The molecule has 1 atom stereocenters. The van der Waals surface area contributed by atoms with Gasteiger partial charge in [-0.2, -0.15) is 0 Å². The van der Waals surface area contributed by atoms with Gasteiger partial charge in [-0.3, -0.25) is 4.79 Å². The van der Waals surface area contributed by atoms with E-state index in [0.29, 0.717) is 5.92 Å². The van der Waals surface area contributed by atoms with E-state index in [4.69, 9.17) is 0 Å². The Morgan fingerprint density at radius 3 is 2.60 bits per heavy atom. The molecule has 15 heavy (non-hydrogen) atoms. The van der Waals surface area contributed by atoms with Gasteiger partial charge in [-0.1, -0.05) is 32.4 Å². The molecule has 84 valence electrons. The van der Waals surface area contributed by atoms with Gasteiger partial charge in [0.25, 0.3) is 0 Å². The monoisotopic (exact) mass is 206 g/mol. The van der Waals surface area contributed by atoms with E-state index in [1.165, 1.54) is 24.0 Å². The zero-order chi connectivity index (χ0) is 11.6. The molecular formula is C14H22O. The van der Waals surface area contributed by atoms with Gasteiger partial charge in [0.05, 0.1) is 0 Å². The molecule has 0 radical (unpaired) electrons. The molecular weight excluding hydrogens is 184 g/mol. The van der Waals surface area contributed by atoms with E-state index in [1.807, 2.05) is 6.08 Å². The van der Waals surface area contributed by atoms with Gasteiger partial charge < -0.3 is 0 Å². The number of ketones is 1. The molecule has 1 rings (SSSR count). The standard InChI is InChI=1S/C14H22O/c1-10-6-7-11(2)14(4,5)13(10)9-8-12(3)15/h8-9,11H,6-7H2,1-5H3. The SMILES string of the molecule is CC(=O)C=CC1=C(C)CCC(C)C1(C)C. The fourth-order valence-electron chi connectivity index (χ4n) is 2.30. The first-order valence-corrected chi connectivity index (χ1v) is 5.74. The van der Waals surface area contributed by atoms with Crippen LogP contribution in [0.25, 0.3) is 0 Å². The summed E-state index contributed by atoms with van der Waals surface area (Å²) in [6, 6.07) is 0. The minimum absolute atomic E-state index is 0.129. The summed E-state index contributed by atoms with van der Waals surface area (Å²) in [4.78, 5) is 11.0. The van der Waals surface area contributed by atoms with E-state index in [1.54, 1.807) is 13.0 Å². The van der Waals surface area contributed by atoms with E-state index < -0.39 is 0 Å². The number of carbonyl (C=O) groups is 1.